The molecule has 5 heteroatoms. The maximum Gasteiger partial charge on any atom is 0.254 e. The zero-order valence-corrected chi connectivity index (χ0v) is 13.3. The standard InChI is InChI=1S/C19H17FN2O2/c1-12-4-2-3-5-15(12)19(23)22-10-16-17(11-22)24-21-18(16)13-6-8-14(20)9-7-13/h2-9,16-17H,10-11H2,1H3. The van der Waals surface area contributed by atoms with E-state index in [4.69, 9.17) is 4.84 Å². The summed E-state index contributed by atoms with van der Waals surface area (Å²) in [6.07, 6.45) is -0.127. The van der Waals surface area contributed by atoms with Crippen molar-refractivity contribution in [2.45, 2.75) is 13.0 Å². The van der Waals surface area contributed by atoms with Gasteiger partial charge >= 0.3 is 0 Å². The van der Waals surface area contributed by atoms with Crippen LogP contribution in [0.2, 0.25) is 0 Å². The van der Waals surface area contributed by atoms with Gasteiger partial charge in [-0.2, -0.15) is 0 Å². The molecule has 2 aliphatic rings. The predicted octanol–water partition coefficient (Wildman–Crippen LogP) is 3.01. The summed E-state index contributed by atoms with van der Waals surface area (Å²) in [5.41, 5.74) is 3.32. The van der Waals surface area contributed by atoms with Gasteiger partial charge in [0.25, 0.3) is 5.91 Å². The number of nitrogens with zero attached hydrogens (tertiary/aromatic N) is 2. The lowest BCUT2D eigenvalue weighted by Crippen LogP contribution is -2.31. The Balaban J connectivity index is 1.54. The van der Waals surface area contributed by atoms with E-state index in [1.807, 2.05) is 36.1 Å². The third kappa shape index (κ3) is 2.46. The molecule has 1 fully saturated rings. The summed E-state index contributed by atoms with van der Waals surface area (Å²) >= 11 is 0. The van der Waals surface area contributed by atoms with E-state index in [-0.39, 0.29) is 23.7 Å². The minimum absolute atomic E-state index is 0.0181. The first-order valence-electron chi connectivity index (χ1n) is 7.98. The van der Waals surface area contributed by atoms with Crippen LogP contribution in [0.25, 0.3) is 0 Å². The normalized spacial score (nSPS) is 22.1. The van der Waals surface area contributed by atoms with Crippen LogP contribution in [0.4, 0.5) is 4.39 Å². The van der Waals surface area contributed by atoms with Gasteiger partial charge in [-0.1, -0.05) is 35.5 Å². The van der Waals surface area contributed by atoms with Gasteiger partial charge in [0.15, 0.2) is 6.10 Å². The van der Waals surface area contributed by atoms with Gasteiger partial charge in [0.05, 0.1) is 18.2 Å². The van der Waals surface area contributed by atoms with E-state index in [0.717, 1.165) is 22.4 Å². The highest BCUT2D eigenvalue weighted by Gasteiger charge is 2.44. The predicted molar refractivity (Wildman–Crippen MR) is 88.4 cm³/mol. The molecule has 0 aromatic heterocycles. The molecule has 0 aliphatic carbocycles. The van der Waals surface area contributed by atoms with Crippen LogP contribution in [0, 0.1) is 18.7 Å². The summed E-state index contributed by atoms with van der Waals surface area (Å²) in [6, 6.07) is 13.8. The topological polar surface area (TPSA) is 41.9 Å². The lowest BCUT2D eigenvalue weighted by molar-refractivity contribution is 0.0631. The van der Waals surface area contributed by atoms with Gasteiger partial charge in [0, 0.05) is 17.7 Å². The van der Waals surface area contributed by atoms with Gasteiger partial charge in [0.1, 0.15) is 5.82 Å². The van der Waals surface area contributed by atoms with E-state index in [1.165, 1.54) is 12.1 Å². The Morgan fingerprint density at radius 2 is 1.92 bits per heavy atom. The Kier molecular flexibility index (Phi) is 3.56. The van der Waals surface area contributed by atoms with Gasteiger partial charge < -0.3 is 9.74 Å². The first-order chi connectivity index (χ1) is 11.6. The number of rotatable bonds is 2. The van der Waals surface area contributed by atoms with Crippen molar-refractivity contribution in [3.63, 3.8) is 0 Å². The number of carbonyl (C=O) groups is 1. The monoisotopic (exact) mass is 324 g/mol. The smallest absolute Gasteiger partial charge is 0.254 e. The Bertz CT molecular complexity index is 816. The minimum Gasteiger partial charge on any atom is -0.390 e. The average Bonchev–Trinajstić information content (AvgIpc) is 3.16. The summed E-state index contributed by atoms with van der Waals surface area (Å²) in [5, 5.41) is 4.16. The van der Waals surface area contributed by atoms with Crippen molar-refractivity contribution >= 4 is 11.6 Å². The molecule has 4 nitrogen and oxygen atoms in total. The zero-order valence-electron chi connectivity index (χ0n) is 13.3. The largest absolute Gasteiger partial charge is 0.390 e. The third-order valence-electron chi connectivity index (χ3n) is 4.71. The first-order valence-corrected chi connectivity index (χ1v) is 7.98. The van der Waals surface area contributed by atoms with Crippen LogP contribution in [0.5, 0.6) is 0 Å². The summed E-state index contributed by atoms with van der Waals surface area (Å²) in [5.74, 6) is -0.231. The van der Waals surface area contributed by atoms with Crippen LogP contribution < -0.4 is 0 Å². The van der Waals surface area contributed by atoms with Crippen molar-refractivity contribution < 1.29 is 14.0 Å². The summed E-state index contributed by atoms with van der Waals surface area (Å²) < 4.78 is 13.1. The molecule has 1 saturated heterocycles. The average molecular weight is 324 g/mol. The molecule has 2 atom stereocenters. The number of oxime groups is 1. The number of hydrogen-bond donors (Lipinski definition) is 0. The lowest BCUT2D eigenvalue weighted by atomic mass is 9.95. The third-order valence-corrected chi connectivity index (χ3v) is 4.71. The van der Waals surface area contributed by atoms with E-state index < -0.39 is 0 Å². The van der Waals surface area contributed by atoms with E-state index in [9.17, 15) is 9.18 Å². The number of benzene rings is 2. The zero-order chi connectivity index (χ0) is 16.7. The van der Waals surface area contributed by atoms with Gasteiger partial charge in [-0.25, -0.2) is 4.39 Å². The number of amides is 1. The molecular weight excluding hydrogens is 307 g/mol. The Hall–Kier alpha value is -2.69. The van der Waals surface area contributed by atoms with E-state index in [0.29, 0.717) is 13.1 Å². The van der Waals surface area contributed by atoms with Crippen molar-refractivity contribution in [1.29, 1.82) is 0 Å². The second kappa shape index (κ2) is 5.74. The maximum absolute atomic E-state index is 13.1. The molecule has 0 bridgehead atoms. The minimum atomic E-state index is -0.280. The number of fused-ring (bicyclic) bond motifs is 1. The van der Waals surface area contributed by atoms with Crippen LogP contribution in [0.15, 0.2) is 53.7 Å². The van der Waals surface area contributed by atoms with Gasteiger partial charge in [0.2, 0.25) is 0 Å². The molecule has 0 saturated carbocycles. The molecule has 0 radical (unpaired) electrons. The molecule has 0 spiro atoms. The molecule has 0 N–H and O–H groups in total. The van der Waals surface area contributed by atoms with Crippen LogP contribution >= 0.6 is 0 Å². The van der Waals surface area contributed by atoms with Crippen LogP contribution in [0.3, 0.4) is 0 Å². The Morgan fingerprint density at radius 1 is 1.17 bits per heavy atom. The number of hydrogen-bond acceptors (Lipinski definition) is 3. The number of aryl methyl sites for hydroxylation is 1. The van der Waals surface area contributed by atoms with Crippen molar-refractivity contribution in [2.24, 2.45) is 11.1 Å². The molecule has 2 aliphatic heterocycles. The SMILES string of the molecule is Cc1ccccc1C(=O)N1CC2ON=C(c3ccc(F)cc3)C2C1. The fourth-order valence-electron chi connectivity index (χ4n) is 3.37. The molecule has 2 heterocycles. The molecule has 2 aromatic carbocycles. The van der Waals surface area contributed by atoms with Crippen molar-refractivity contribution in [3.8, 4) is 0 Å². The maximum atomic E-state index is 13.1. The van der Waals surface area contributed by atoms with E-state index >= 15 is 0 Å². The van der Waals surface area contributed by atoms with Crippen LogP contribution in [-0.4, -0.2) is 35.7 Å². The molecule has 122 valence electrons. The summed E-state index contributed by atoms with van der Waals surface area (Å²) in [7, 11) is 0. The number of likely N-dealkylation sites (tertiary alicyclic amines) is 1. The van der Waals surface area contributed by atoms with Crippen molar-refractivity contribution in [1.82, 2.24) is 4.90 Å². The fourth-order valence-corrected chi connectivity index (χ4v) is 3.37. The highest BCUT2D eigenvalue weighted by molar-refractivity contribution is 6.04. The van der Waals surface area contributed by atoms with Gasteiger partial charge in [-0.3, -0.25) is 4.79 Å². The lowest BCUT2D eigenvalue weighted by Gasteiger charge is -2.18. The number of halogens is 1. The Labute approximate surface area is 139 Å². The Morgan fingerprint density at radius 3 is 2.67 bits per heavy atom. The van der Waals surface area contributed by atoms with E-state index in [2.05, 4.69) is 5.16 Å². The first kappa shape index (κ1) is 14.9. The van der Waals surface area contributed by atoms with Crippen LogP contribution in [-0.2, 0) is 4.84 Å². The molecule has 24 heavy (non-hydrogen) atoms. The van der Waals surface area contributed by atoms with Crippen LogP contribution in [0.1, 0.15) is 21.5 Å². The molecular formula is C19H17FN2O2. The summed E-state index contributed by atoms with van der Waals surface area (Å²) in [4.78, 5) is 20.1. The van der Waals surface area contributed by atoms with Gasteiger partial charge in [-0.05, 0) is 30.7 Å². The quantitative estimate of drug-likeness (QED) is 0.852. The van der Waals surface area contributed by atoms with E-state index in [1.54, 1.807) is 12.1 Å². The van der Waals surface area contributed by atoms with Crippen molar-refractivity contribution in [3.05, 3.63) is 71.0 Å². The highest BCUT2D eigenvalue weighted by Crippen LogP contribution is 2.31. The fraction of sp³-hybridized carbons (Fsp3) is 0.263. The van der Waals surface area contributed by atoms with Gasteiger partial charge in [-0.15, -0.1) is 0 Å². The molecule has 2 unspecified atom stereocenters. The number of carbonyl (C=O) groups excluding carboxylic acids is 1. The second-order valence-electron chi connectivity index (χ2n) is 6.26. The van der Waals surface area contributed by atoms with Crippen molar-refractivity contribution in [2.75, 3.05) is 13.1 Å². The highest BCUT2D eigenvalue weighted by atomic mass is 19.1. The molecule has 1 amide bonds. The second-order valence-corrected chi connectivity index (χ2v) is 6.26. The molecule has 2 aromatic rings. The summed E-state index contributed by atoms with van der Waals surface area (Å²) in [6.45, 7) is 3.02. The molecule has 4 rings (SSSR count).